The highest BCUT2D eigenvalue weighted by molar-refractivity contribution is 6.40. The first kappa shape index (κ1) is 19.5. The van der Waals surface area contributed by atoms with Crippen molar-refractivity contribution >= 4 is 51.6 Å². The normalized spacial score (nSPS) is 12.2. The average Bonchev–Trinajstić information content (AvgIpc) is 2.95. The zero-order valence-electron chi connectivity index (χ0n) is 15.3. The molecule has 27 heavy (non-hydrogen) atoms. The minimum Gasteiger partial charge on any atom is -0.326 e. The number of anilines is 1. The van der Waals surface area contributed by atoms with Crippen molar-refractivity contribution in [3.05, 3.63) is 63.8 Å². The molecule has 140 valence electrons. The Hall–Kier alpha value is -2.30. The van der Waals surface area contributed by atoms with Crippen LogP contribution in [-0.4, -0.2) is 16.4 Å². The first-order valence-electron chi connectivity index (χ1n) is 8.75. The van der Waals surface area contributed by atoms with Gasteiger partial charge in [0, 0.05) is 22.7 Å². The van der Waals surface area contributed by atoms with Crippen LogP contribution in [0.2, 0.25) is 10.0 Å². The molecule has 3 rings (SSSR count). The molecule has 2 aromatic carbocycles. The van der Waals surface area contributed by atoms with Crippen LogP contribution >= 0.6 is 23.2 Å². The van der Waals surface area contributed by atoms with Crippen molar-refractivity contribution in [1.29, 1.82) is 0 Å². The molecule has 1 N–H and O–H groups in total. The molecule has 1 heterocycles. The Bertz CT molecular complexity index is 1020. The van der Waals surface area contributed by atoms with Gasteiger partial charge in [0.2, 0.25) is 5.91 Å². The monoisotopic (exact) mass is 402 g/mol. The SMILES string of the molecule is CCC(C)C(=O)Nc1ccc2c(c1)cc(C)n2C(=O)c1c(Cl)cccc1Cl. The number of aromatic nitrogens is 1. The lowest BCUT2D eigenvalue weighted by molar-refractivity contribution is -0.119. The minimum atomic E-state index is -0.283. The molecule has 0 aliphatic rings. The number of nitrogens with one attached hydrogen (secondary N) is 1. The van der Waals surface area contributed by atoms with Gasteiger partial charge in [-0.05, 0) is 49.7 Å². The Morgan fingerprint density at radius 1 is 1.11 bits per heavy atom. The third-order valence-corrected chi connectivity index (χ3v) is 5.32. The highest BCUT2D eigenvalue weighted by Crippen LogP contribution is 2.29. The molecule has 6 heteroatoms. The molecule has 1 unspecified atom stereocenters. The summed E-state index contributed by atoms with van der Waals surface area (Å²) in [7, 11) is 0. The maximum Gasteiger partial charge on any atom is 0.265 e. The van der Waals surface area contributed by atoms with Crippen LogP contribution in [0.1, 0.15) is 36.3 Å². The zero-order valence-corrected chi connectivity index (χ0v) is 16.9. The van der Waals surface area contributed by atoms with Crippen LogP contribution in [0.4, 0.5) is 5.69 Å². The number of fused-ring (bicyclic) bond motifs is 1. The van der Waals surface area contributed by atoms with E-state index < -0.39 is 0 Å². The van der Waals surface area contributed by atoms with E-state index in [-0.39, 0.29) is 23.3 Å². The van der Waals surface area contributed by atoms with E-state index in [2.05, 4.69) is 5.32 Å². The lowest BCUT2D eigenvalue weighted by atomic mass is 10.1. The Balaban J connectivity index is 2.02. The molecule has 3 aromatic rings. The molecule has 0 fully saturated rings. The molecule has 1 aromatic heterocycles. The molecule has 4 nitrogen and oxygen atoms in total. The topological polar surface area (TPSA) is 51.1 Å². The van der Waals surface area contributed by atoms with E-state index in [9.17, 15) is 9.59 Å². The summed E-state index contributed by atoms with van der Waals surface area (Å²) >= 11 is 12.4. The third kappa shape index (κ3) is 3.73. The summed E-state index contributed by atoms with van der Waals surface area (Å²) in [5.74, 6) is -0.364. The van der Waals surface area contributed by atoms with Gasteiger partial charge in [-0.2, -0.15) is 0 Å². The van der Waals surface area contributed by atoms with Crippen molar-refractivity contribution in [2.75, 3.05) is 5.32 Å². The Kier molecular flexibility index (Phi) is 5.59. The number of carbonyl (C=O) groups is 2. The first-order valence-corrected chi connectivity index (χ1v) is 9.50. The van der Waals surface area contributed by atoms with Crippen molar-refractivity contribution < 1.29 is 9.59 Å². The lowest BCUT2D eigenvalue weighted by Gasteiger charge is -2.12. The van der Waals surface area contributed by atoms with Crippen LogP contribution < -0.4 is 5.32 Å². The number of benzene rings is 2. The second kappa shape index (κ2) is 7.75. The van der Waals surface area contributed by atoms with E-state index in [0.29, 0.717) is 15.7 Å². The van der Waals surface area contributed by atoms with Crippen molar-refractivity contribution in [2.45, 2.75) is 27.2 Å². The second-order valence-corrected chi connectivity index (χ2v) is 7.41. The quantitative estimate of drug-likeness (QED) is 0.587. The molecule has 0 spiro atoms. The van der Waals surface area contributed by atoms with Gasteiger partial charge in [0.15, 0.2) is 0 Å². The number of halogens is 2. The molecular formula is C21H20Cl2N2O2. The van der Waals surface area contributed by atoms with E-state index in [1.54, 1.807) is 28.8 Å². The molecule has 0 radical (unpaired) electrons. The van der Waals surface area contributed by atoms with E-state index in [4.69, 9.17) is 23.2 Å². The second-order valence-electron chi connectivity index (χ2n) is 6.60. The average molecular weight is 403 g/mol. The maximum absolute atomic E-state index is 13.1. The predicted octanol–water partition coefficient (Wildman–Crippen LogP) is 5.93. The molecule has 0 saturated heterocycles. The molecule has 0 bridgehead atoms. The van der Waals surface area contributed by atoms with Gasteiger partial charge in [-0.15, -0.1) is 0 Å². The molecule has 0 saturated carbocycles. The van der Waals surface area contributed by atoms with Crippen LogP contribution in [0.3, 0.4) is 0 Å². The Morgan fingerprint density at radius 2 is 1.78 bits per heavy atom. The number of hydrogen-bond donors (Lipinski definition) is 1. The van der Waals surface area contributed by atoms with E-state index >= 15 is 0 Å². The van der Waals surface area contributed by atoms with Gasteiger partial charge in [-0.25, -0.2) is 0 Å². The third-order valence-electron chi connectivity index (χ3n) is 4.69. The number of carbonyl (C=O) groups excluding carboxylic acids is 2. The molecular weight excluding hydrogens is 383 g/mol. The number of aryl methyl sites for hydroxylation is 1. The number of hydrogen-bond acceptors (Lipinski definition) is 2. The van der Waals surface area contributed by atoms with Crippen LogP contribution in [-0.2, 0) is 4.79 Å². The molecule has 1 atom stereocenters. The van der Waals surface area contributed by atoms with Crippen molar-refractivity contribution in [3.8, 4) is 0 Å². The highest BCUT2D eigenvalue weighted by atomic mass is 35.5. The van der Waals surface area contributed by atoms with Gasteiger partial charge in [0.05, 0.1) is 21.1 Å². The van der Waals surface area contributed by atoms with Crippen LogP contribution in [0.5, 0.6) is 0 Å². The first-order chi connectivity index (χ1) is 12.8. The van der Waals surface area contributed by atoms with E-state index in [1.807, 2.05) is 39.0 Å². The number of amides is 1. The van der Waals surface area contributed by atoms with Gasteiger partial charge in [-0.3, -0.25) is 14.2 Å². The Morgan fingerprint density at radius 3 is 2.41 bits per heavy atom. The molecule has 1 amide bonds. The van der Waals surface area contributed by atoms with Gasteiger partial charge in [0.1, 0.15) is 0 Å². The van der Waals surface area contributed by atoms with Crippen LogP contribution in [0.15, 0.2) is 42.5 Å². The summed E-state index contributed by atoms with van der Waals surface area (Å²) in [5, 5.41) is 4.39. The standard InChI is InChI=1S/C21H20Cl2N2O2/c1-4-12(2)20(26)24-15-8-9-18-14(11-15)10-13(3)25(18)21(27)19-16(22)6-5-7-17(19)23/h5-12H,4H2,1-3H3,(H,24,26). The number of rotatable bonds is 4. The maximum atomic E-state index is 13.1. The van der Waals surface area contributed by atoms with Crippen molar-refractivity contribution in [1.82, 2.24) is 4.57 Å². The fraction of sp³-hybridized carbons (Fsp3) is 0.238. The largest absolute Gasteiger partial charge is 0.326 e. The zero-order chi connectivity index (χ0) is 19.7. The predicted molar refractivity (Wildman–Crippen MR) is 111 cm³/mol. The van der Waals surface area contributed by atoms with Crippen molar-refractivity contribution in [3.63, 3.8) is 0 Å². The van der Waals surface area contributed by atoms with Crippen LogP contribution in [0, 0.1) is 12.8 Å². The molecule has 0 aliphatic carbocycles. The lowest BCUT2D eigenvalue weighted by Crippen LogP contribution is -2.19. The summed E-state index contributed by atoms with van der Waals surface area (Å²) in [6.45, 7) is 5.71. The van der Waals surface area contributed by atoms with Gasteiger partial charge >= 0.3 is 0 Å². The summed E-state index contributed by atoms with van der Waals surface area (Å²) in [5.41, 5.74) is 2.47. The van der Waals surface area contributed by atoms with Gasteiger partial charge in [0.25, 0.3) is 5.91 Å². The van der Waals surface area contributed by atoms with E-state index in [1.165, 1.54) is 0 Å². The highest BCUT2D eigenvalue weighted by Gasteiger charge is 2.20. The van der Waals surface area contributed by atoms with Gasteiger partial charge < -0.3 is 5.32 Å². The summed E-state index contributed by atoms with van der Waals surface area (Å²) in [6, 6.07) is 12.4. The number of nitrogens with zero attached hydrogens (tertiary/aromatic N) is 1. The van der Waals surface area contributed by atoms with Crippen LogP contribution in [0.25, 0.3) is 10.9 Å². The fourth-order valence-corrected chi connectivity index (χ4v) is 3.52. The van der Waals surface area contributed by atoms with Crippen molar-refractivity contribution in [2.24, 2.45) is 5.92 Å². The minimum absolute atomic E-state index is 0.0214. The Labute approximate surface area is 168 Å². The van der Waals surface area contributed by atoms with E-state index in [0.717, 1.165) is 23.0 Å². The fourth-order valence-electron chi connectivity index (χ4n) is 2.97. The summed E-state index contributed by atoms with van der Waals surface area (Å²) in [6.07, 6.45) is 0.774. The molecule has 0 aliphatic heterocycles. The van der Waals surface area contributed by atoms with Gasteiger partial charge in [-0.1, -0.05) is 43.1 Å². The summed E-state index contributed by atoms with van der Waals surface area (Å²) < 4.78 is 1.59. The smallest absolute Gasteiger partial charge is 0.265 e. The summed E-state index contributed by atoms with van der Waals surface area (Å²) in [4.78, 5) is 25.2.